The molecule has 1 N–H and O–H groups in total. The maximum Gasteiger partial charge on any atom is 0.422 e. The van der Waals surface area contributed by atoms with E-state index in [1.54, 1.807) is 0 Å². The Bertz CT molecular complexity index is 484. The van der Waals surface area contributed by atoms with E-state index in [2.05, 4.69) is 0 Å². The van der Waals surface area contributed by atoms with Crippen LogP contribution in [0.15, 0.2) is 30.3 Å². The van der Waals surface area contributed by atoms with Crippen LogP contribution in [0.2, 0.25) is 0 Å². The average molecular weight is 306 g/mol. The van der Waals surface area contributed by atoms with Gasteiger partial charge in [0.25, 0.3) is 0 Å². The highest BCUT2D eigenvalue weighted by atomic mass is 16.5. The highest BCUT2D eigenvalue weighted by Crippen LogP contribution is 2.23. The van der Waals surface area contributed by atoms with Crippen LogP contribution in [0.5, 0.6) is 0 Å². The molecule has 1 aliphatic heterocycles. The largest absolute Gasteiger partial charge is 0.464 e. The summed E-state index contributed by atoms with van der Waals surface area (Å²) in [6.07, 6.45) is 1.08. The Hall–Kier alpha value is -1.59. The minimum Gasteiger partial charge on any atom is -0.464 e. The predicted molar refractivity (Wildman–Crippen MR) is 85.4 cm³/mol. The van der Waals surface area contributed by atoms with Gasteiger partial charge in [-0.25, -0.2) is 14.8 Å². The van der Waals surface area contributed by atoms with E-state index in [0.29, 0.717) is 13.2 Å². The van der Waals surface area contributed by atoms with Gasteiger partial charge < -0.3 is 9.84 Å². The Morgan fingerprint density at radius 1 is 1.36 bits per heavy atom. The van der Waals surface area contributed by atoms with Crippen LogP contribution >= 0.6 is 0 Å². The van der Waals surface area contributed by atoms with E-state index >= 15 is 0 Å². The first-order valence-electron chi connectivity index (χ1n) is 7.81. The van der Waals surface area contributed by atoms with E-state index in [1.807, 2.05) is 56.1 Å². The van der Waals surface area contributed by atoms with Crippen molar-refractivity contribution >= 4 is 6.09 Å². The van der Waals surface area contributed by atoms with E-state index in [0.717, 1.165) is 24.9 Å². The molecule has 1 fully saturated rings. The number of hydrogen-bond donors (Lipinski definition) is 1. The topological polar surface area (TPSA) is 53.0 Å². The molecule has 0 radical (unpaired) electrons. The van der Waals surface area contributed by atoms with Crippen molar-refractivity contribution in [2.45, 2.75) is 51.9 Å². The molecule has 0 unspecified atom stereocenters. The molecule has 5 heteroatoms. The third-order valence-corrected chi connectivity index (χ3v) is 3.78. The number of amides is 1. The number of rotatable bonds is 4. The molecule has 1 saturated heterocycles. The number of ether oxygens (including phenoxy) is 1. The molecule has 0 bridgehead atoms. The molecule has 1 heterocycles. The average Bonchev–Trinajstić information content (AvgIpc) is 2.45. The molecule has 1 atom stereocenters. The van der Waals surface area contributed by atoms with Crippen LogP contribution < -0.4 is 0 Å². The van der Waals surface area contributed by atoms with Gasteiger partial charge in [0.05, 0.1) is 18.2 Å². The van der Waals surface area contributed by atoms with Crippen LogP contribution in [-0.2, 0) is 11.3 Å². The van der Waals surface area contributed by atoms with E-state index in [-0.39, 0.29) is 6.10 Å². The van der Waals surface area contributed by atoms with Gasteiger partial charge in [-0.05, 0) is 39.2 Å². The lowest BCUT2D eigenvalue weighted by Crippen LogP contribution is -2.59. The van der Waals surface area contributed by atoms with Gasteiger partial charge in [-0.15, -0.1) is 0 Å². The molecule has 122 valence electrons. The van der Waals surface area contributed by atoms with Gasteiger partial charge in [0.15, 0.2) is 0 Å². The van der Waals surface area contributed by atoms with Gasteiger partial charge in [-0.3, -0.25) is 0 Å². The summed E-state index contributed by atoms with van der Waals surface area (Å²) >= 11 is 0. The summed E-state index contributed by atoms with van der Waals surface area (Å²) in [5.74, 6) is 0. The zero-order valence-corrected chi connectivity index (χ0v) is 13.7. The van der Waals surface area contributed by atoms with Crippen LogP contribution in [0.1, 0.15) is 39.2 Å². The minimum absolute atomic E-state index is 0.0677. The Balaban J connectivity index is 1.95. The standard InChI is InChI=1S/C17H26N2O3/c1-17(2,3)19(16(20)21)18-11-7-10-15(12-18)22-13-14-8-5-4-6-9-14/h4-6,8-9,15H,7,10-13H2,1-3H3,(H,20,21)/t15-/m0/s1. The SMILES string of the molecule is CC(C)(C)N(C(=O)O)N1CCC[C@H](OCc2ccccc2)C1. The second kappa shape index (κ2) is 7.11. The zero-order valence-electron chi connectivity index (χ0n) is 13.7. The molecular formula is C17H26N2O3. The summed E-state index contributed by atoms with van der Waals surface area (Å²) < 4.78 is 5.98. The summed E-state index contributed by atoms with van der Waals surface area (Å²) in [5, 5.41) is 12.8. The summed E-state index contributed by atoms with van der Waals surface area (Å²) in [4.78, 5) is 11.6. The van der Waals surface area contributed by atoms with Crippen molar-refractivity contribution in [1.82, 2.24) is 10.0 Å². The fourth-order valence-corrected chi connectivity index (χ4v) is 2.86. The summed E-state index contributed by atoms with van der Waals surface area (Å²) in [6, 6.07) is 10.1. The van der Waals surface area contributed by atoms with Gasteiger partial charge in [-0.2, -0.15) is 0 Å². The van der Waals surface area contributed by atoms with E-state index in [1.165, 1.54) is 5.01 Å². The smallest absolute Gasteiger partial charge is 0.422 e. The van der Waals surface area contributed by atoms with Gasteiger partial charge in [-0.1, -0.05) is 30.3 Å². The Kier molecular flexibility index (Phi) is 5.42. The highest BCUT2D eigenvalue weighted by Gasteiger charge is 2.35. The lowest BCUT2D eigenvalue weighted by atomic mass is 10.1. The van der Waals surface area contributed by atoms with Crippen molar-refractivity contribution in [2.24, 2.45) is 0 Å². The van der Waals surface area contributed by atoms with Gasteiger partial charge in [0.1, 0.15) is 0 Å². The second-order valence-corrected chi connectivity index (χ2v) is 6.74. The van der Waals surface area contributed by atoms with Crippen molar-refractivity contribution in [2.75, 3.05) is 13.1 Å². The third-order valence-electron chi connectivity index (χ3n) is 3.78. The second-order valence-electron chi connectivity index (χ2n) is 6.74. The first-order chi connectivity index (χ1) is 10.4. The first kappa shape index (κ1) is 16.8. The quantitative estimate of drug-likeness (QED) is 0.926. The fourth-order valence-electron chi connectivity index (χ4n) is 2.86. The summed E-state index contributed by atoms with van der Waals surface area (Å²) in [6.45, 7) is 7.69. The predicted octanol–water partition coefficient (Wildman–Crippen LogP) is 3.36. The van der Waals surface area contributed by atoms with Crippen molar-refractivity contribution < 1.29 is 14.6 Å². The molecule has 2 rings (SSSR count). The molecule has 1 aliphatic rings. The lowest BCUT2D eigenvalue weighted by Gasteiger charge is -2.45. The normalized spacial score (nSPS) is 19.9. The Morgan fingerprint density at radius 3 is 2.64 bits per heavy atom. The third kappa shape index (κ3) is 4.45. The molecule has 0 aliphatic carbocycles. The maximum absolute atomic E-state index is 11.6. The lowest BCUT2D eigenvalue weighted by molar-refractivity contribution is -0.116. The van der Waals surface area contributed by atoms with Gasteiger partial charge in [0, 0.05) is 13.1 Å². The fraction of sp³-hybridized carbons (Fsp3) is 0.588. The number of piperidine rings is 1. The van der Waals surface area contributed by atoms with Crippen molar-refractivity contribution in [1.29, 1.82) is 0 Å². The molecule has 1 amide bonds. The Morgan fingerprint density at radius 2 is 2.05 bits per heavy atom. The molecule has 0 aromatic heterocycles. The van der Waals surface area contributed by atoms with E-state index < -0.39 is 11.6 Å². The number of carbonyl (C=O) groups is 1. The van der Waals surface area contributed by atoms with Crippen molar-refractivity contribution in [3.05, 3.63) is 35.9 Å². The van der Waals surface area contributed by atoms with E-state index in [9.17, 15) is 9.90 Å². The van der Waals surface area contributed by atoms with Crippen molar-refractivity contribution in [3.63, 3.8) is 0 Å². The molecule has 22 heavy (non-hydrogen) atoms. The van der Waals surface area contributed by atoms with Crippen molar-refractivity contribution in [3.8, 4) is 0 Å². The molecule has 0 saturated carbocycles. The molecule has 5 nitrogen and oxygen atoms in total. The maximum atomic E-state index is 11.6. The summed E-state index contributed by atoms with van der Waals surface area (Å²) in [7, 11) is 0. The Labute approximate surface area is 132 Å². The van der Waals surface area contributed by atoms with Crippen LogP contribution in [0.4, 0.5) is 4.79 Å². The van der Waals surface area contributed by atoms with Crippen LogP contribution in [-0.4, -0.2) is 45.9 Å². The van der Waals surface area contributed by atoms with Crippen LogP contribution in [0.25, 0.3) is 0 Å². The zero-order chi connectivity index (χ0) is 16.2. The van der Waals surface area contributed by atoms with Gasteiger partial charge >= 0.3 is 6.09 Å². The monoisotopic (exact) mass is 306 g/mol. The molecule has 1 aromatic carbocycles. The molecule has 1 aromatic rings. The molecular weight excluding hydrogens is 280 g/mol. The van der Waals surface area contributed by atoms with Crippen LogP contribution in [0.3, 0.4) is 0 Å². The number of carboxylic acid groups (broad SMARTS) is 1. The first-order valence-corrected chi connectivity index (χ1v) is 7.81. The number of benzene rings is 1. The number of hydrogen-bond acceptors (Lipinski definition) is 3. The summed E-state index contributed by atoms with van der Waals surface area (Å²) in [5.41, 5.74) is 0.693. The number of nitrogens with zero attached hydrogens (tertiary/aromatic N) is 2. The minimum atomic E-state index is -0.906. The van der Waals surface area contributed by atoms with Crippen LogP contribution in [0, 0.1) is 0 Å². The van der Waals surface area contributed by atoms with E-state index in [4.69, 9.17) is 4.74 Å². The highest BCUT2D eigenvalue weighted by molar-refractivity contribution is 5.65. The molecule has 0 spiro atoms. The number of hydrazine groups is 1. The van der Waals surface area contributed by atoms with Gasteiger partial charge in [0.2, 0.25) is 0 Å².